The van der Waals surface area contributed by atoms with Crippen molar-refractivity contribution in [2.24, 2.45) is 5.73 Å². The van der Waals surface area contributed by atoms with Crippen LogP contribution in [0.1, 0.15) is 41.6 Å². The number of primary amides is 1. The van der Waals surface area contributed by atoms with Crippen molar-refractivity contribution in [2.45, 2.75) is 25.7 Å². The molecule has 0 bridgehead atoms. The molecule has 0 saturated carbocycles. The average Bonchev–Trinajstić information content (AvgIpc) is 3.12. The lowest BCUT2D eigenvalue weighted by Crippen LogP contribution is -2.32. The predicted octanol–water partition coefficient (Wildman–Crippen LogP) is 2.25. The van der Waals surface area contributed by atoms with Crippen LogP contribution in [0.25, 0.3) is 16.7 Å². The topological polar surface area (TPSA) is 79.4 Å². The van der Waals surface area contributed by atoms with Crippen LogP contribution in [0.4, 0.5) is 4.39 Å². The molecule has 0 unspecified atom stereocenters. The van der Waals surface area contributed by atoms with Gasteiger partial charge in [-0.25, -0.2) is 8.91 Å². The number of rotatable bonds is 3. The van der Waals surface area contributed by atoms with E-state index >= 15 is 0 Å². The van der Waals surface area contributed by atoms with Gasteiger partial charge in [-0.05, 0) is 50.5 Å². The van der Waals surface area contributed by atoms with Crippen molar-refractivity contribution in [3.05, 3.63) is 35.3 Å². The number of benzene rings is 1. The molecule has 0 aliphatic carbocycles. The molecule has 2 aromatic heterocycles. The molecular weight excluding hydrogens is 309 g/mol. The highest BCUT2D eigenvalue weighted by molar-refractivity contribution is 6.05. The molecule has 3 aromatic rings. The first-order valence-corrected chi connectivity index (χ1v) is 8.29. The Hall–Kier alpha value is -2.41. The van der Waals surface area contributed by atoms with Crippen molar-refractivity contribution in [1.82, 2.24) is 19.5 Å². The number of nitrogens with one attached hydrogen (secondary N) is 1. The van der Waals surface area contributed by atoms with Crippen molar-refractivity contribution in [3.63, 3.8) is 0 Å². The van der Waals surface area contributed by atoms with Crippen LogP contribution in [0.2, 0.25) is 0 Å². The summed E-state index contributed by atoms with van der Waals surface area (Å²) in [6, 6.07) is 2.54. The Bertz CT molecular complexity index is 920. The minimum atomic E-state index is -0.659. The maximum atomic E-state index is 13.8. The highest BCUT2D eigenvalue weighted by atomic mass is 19.1. The molecule has 3 heterocycles. The molecule has 0 atom stereocenters. The number of aromatic nitrogens is 3. The van der Waals surface area contributed by atoms with Crippen molar-refractivity contribution in [3.8, 4) is 0 Å². The number of aromatic amines is 1. The quantitative estimate of drug-likeness (QED) is 0.773. The highest BCUT2D eigenvalue weighted by Gasteiger charge is 2.25. The fourth-order valence-corrected chi connectivity index (χ4v) is 3.75. The van der Waals surface area contributed by atoms with E-state index in [4.69, 9.17) is 5.73 Å². The summed E-state index contributed by atoms with van der Waals surface area (Å²) < 4.78 is 15.4. The van der Waals surface area contributed by atoms with Gasteiger partial charge in [0, 0.05) is 5.56 Å². The van der Waals surface area contributed by atoms with Gasteiger partial charge in [0.15, 0.2) is 0 Å². The molecular formula is C17H20FN5O. The van der Waals surface area contributed by atoms with Crippen LogP contribution >= 0.6 is 0 Å². The van der Waals surface area contributed by atoms with E-state index in [2.05, 4.69) is 21.9 Å². The SMILES string of the molecule is CCN1CCC(c2cnn3c2[nH]c2cc(F)cc(C(N)=O)c23)CC1. The van der Waals surface area contributed by atoms with E-state index in [1.54, 1.807) is 4.52 Å². The maximum absolute atomic E-state index is 13.8. The second kappa shape index (κ2) is 5.59. The molecule has 24 heavy (non-hydrogen) atoms. The van der Waals surface area contributed by atoms with Gasteiger partial charge in [-0.15, -0.1) is 0 Å². The Balaban J connectivity index is 1.83. The number of nitrogens with zero attached hydrogens (tertiary/aromatic N) is 3. The van der Waals surface area contributed by atoms with Gasteiger partial charge in [0.1, 0.15) is 17.0 Å². The first-order valence-electron chi connectivity index (χ1n) is 8.29. The van der Waals surface area contributed by atoms with Crippen LogP contribution in [0.3, 0.4) is 0 Å². The van der Waals surface area contributed by atoms with E-state index < -0.39 is 11.7 Å². The van der Waals surface area contributed by atoms with E-state index in [1.165, 1.54) is 12.1 Å². The third-order valence-corrected chi connectivity index (χ3v) is 5.08. The molecule has 1 aliphatic heterocycles. The molecule has 4 rings (SSSR count). The van der Waals surface area contributed by atoms with Gasteiger partial charge in [0.2, 0.25) is 0 Å². The fourth-order valence-electron chi connectivity index (χ4n) is 3.75. The first-order chi connectivity index (χ1) is 11.6. The molecule has 126 valence electrons. The number of piperidine rings is 1. The number of nitrogens with two attached hydrogens (primary N) is 1. The fraction of sp³-hybridized carbons (Fsp3) is 0.412. The van der Waals surface area contributed by atoms with E-state index in [-0.39, 0.29) is 5.56 Å². The number of carbonyl (C=O) groups excluding carboxylic acids is 1. The molecule has 1 amide bonds. The van der Waals surface area contributed by atoms with Gasteiger partial charge in [0.05, 0.1) is 17.3 Å². The zero-order valence-electron chi connectivity index (χ0n) is 13.6. The minimum Gasteiger partial charge on any atom is -0.366 e. The molecule has 1 aromatic carbocycles. The molecule has 0 spiro atoms. The molecule has 1 saturated heterocycles. The van der Waals surface area contributed by atoms with Crippen LogP contribution in [0, 0.1) is 5.82 Å². The van der Waals surface area contributed by atoms with Crippen LogP contribution in [-0.4, -0.2) is 45.0 Å². The minimum absolute atomic E-state index is 0.145. The van der Waals surface area contributed by atoms with Gasteiger partial charge < -0.3 is 15.6 Å². The second-order valence-corrected chi connectivity index (χ2v) is 6.41. The Kier molecular flexibility index (Phi) is 3.53. The van der Waals surface area contributed by atoms with Gasteiger partial charge >= 0.3 is 0 Å². The molecule has 6 nitrogen and oxygen atoms in total. The maximum Gasteiger partial charge on any atom is 0.251 e. The molecule has 3 N–H and O–H groups in total. The zero-order valence-corrected chi connectivity index (χ0v) is 13.6. The van der Waals surface area contributed by atoms with E-state index in [1.807, 2.05) is 6.20 Å². The van der Waals surface area contributed by atoms with Crippen molar-refractivity contribution in [2.75, 3.05) is 19.6 Å². The van der Waals surface area contributed by atoms with E-state index in [9.17, 15) is 9.18 Å². The molecule has 1 fully saturated rings. The van der Waals surface area contributed by atoms with Crippen LogP contribution in [-0.2, 0) is 0 Å². The van der Waals surface area contributed by atoms with Crippen LogP contribution in [0.15, 0.2) is 18.3 Å². The van der Waals surface area contributed by atoms with Gasteiger partial charge in [-0.3, -0.25) is 4.79 Å². The van der Waals surface area contributed by atoms with Gasteiger partial charge in [-0.1, -0.05) is 6.92 Å². The molecule has 0 radical (unpaired) electrons. The number of imidazole rings is 1. The molecule has 1 aliphatic rings. The highest BCUT2D eigenvalue weighted by Crippen LogP contribution is 2.32. The monoisotopic (exact) mass is 329 g/mol. The number of H-pyrrole nitrogens is 1. The summed E-state index contributed by atoms with van der Waals surface area (Å²) in [6.07, 6.45) is 3.99. The Labute approximate surface area is 138 Å². The number of amides is 1. The van der Waals surface area contributed by atoms with Crippen LogP contribution < -0.4 is 5.73 Å². The van der Waals surface area contributed by atoms with Crippen molar-refractivity contribution in [1.29, 1.82) is 0 Å². The van der Waals surface area contributed by atoms with Gasteiger partial charge in [0.25, 0.3) is 5.91 Å². The van der Waals surface area contributed by atoms with E-state index in [0.717, 1.165) is 43.7 Å². The lowest BCUT2D eigenvalue weighted by molar-refractivity contribution is 0.100. The lowest BCUT2D eigenvalue weighted by Gasteiger charge is -2.30. The number of carbonyl (C=O) groups is 1. The zero-order chi connectivity index (χ0) is 16.8. The summed E-state index contributed by atoms with van der Waals surface area (Å²) in [5.41, 5.74) is 8.59. The number of likely N-dealkylation sites (tertiary alicyclic amines) is 1. The second-order valence-electron chi connectivity index (χ2n) is 6.41. The van der Waals surface area contributed by atoms with Crippen LogP contribution in [0.5, 0.6) is 0 Å². The average molecular weight is 329 g/mol. The number of halogens is 1. The number of fused-ring (bicyclic) bond motifs is 3. The summed E-state index contributed by atoms with van der Waals surface area (Å²) in [5.74, 6) is -0.729. The Morgan fingerprint density at radius 3 is 2.83 bits per heavy atom. The Morgan fingerprint density at radius 2 is 2.17 bits per heavy atom. The summed E-state index contributed by atoms with van der Waals surface area (Å²) in [4.78, 5) is 17.3. The van der Waals surface area contributed by atoms with E-state index in [0.29, 0.717) is 17.0 Å². The lowest BCUT2D eigenvalue weighted by atomic mass is 9.91. The number of hydrogen-bond donors (Lipinski definition) is 2. The van der Waals surface area contributed by atoms with Crippen molar-refractivity contribution < 1.29 is 9.18 Å². The normalized spacial score (nSPS) is 17.1. The van der Waals surface area contributed by atoms with Crippen molar-refractivity contribution >= 4 is 22.6 Å². The first kappa shape index (κ1) is 15.1. The third-order valence-electron chi connectivity index (χ3n) is 5.08. The summed E-state index contributed by atoms with van der Waals surface area (Å²) in [7, 11) is 0. The molecule has 7 heteroatoms. The smallest absolute Gasteiger partial charge is 0.251 e. The summed E-state index contributed by atoms with van der Waals surface area (Å²) in [5, 5.41) is 4.44. The Morgan fingerprint density at radius 1 is 1.42 bits per heavy atom. The standard InChI is InChI=1S/C17H20FN5O/c1-2-22-5-3-10(4-6-22)13-9-20-23-15-12(16(19)24)7-11(18)8-14(15)21-17(13)23/h7-10,21H,2-6H2,1H3,(H2,19,24). The summed E-state index contributed by atoms with van der Waals surface area (Å²) in [6.45, 7) is 5.39. The predicted molar refractivity (Wildman–Crippen MR) is 89.6 cm³/mol. The summed E-state index contributed by atoms with van der Waals surface area (Å²) >= 11 is 0. The van der Waals surface area contributed by atoms with Gasteiger partial charge in [-0.2, -0.15) is 5.10 Å². The third kappa shape index (κ3) is 2.27. The largest absolute Gasteiger partial charge is 0.366 e. The number of hydrogen-bond acceptors (Lipinski definition) is 3.